The molecule has 3 N–H and O–H groups in total. The molecule has 102 valence electrons. The first-order valence-electron chi connectivity index (χ1n) is 6.46. The smallest absolute Gasteiger partial charge is 0.119 e. The molecule has 0 aliphatic rings. The molecule has 4 nitrogen and oxygen atoms in total. The van der Waals surface area contributed by atoms with Gasteiger partial charge in [-0.1, -0.05) is 25.5 Å². The van der Waals surface area contributed by atoms with Crippen LogP contribution < -0.4 is 10.5 Å². The van der Waals surface area contributed by atoms with E-state index in [1.54, 1.807) is 0 Å². The molecule has 18 heavy (non-hydrogen) atoms. The minimum atomic E-state index is -0.630. The van der Waals surface area contributed by atoms with Crippen molar-refractivity contribution in [1.29, 1.82) is 0 Å². The fourth-order valence-electron chi connectivity index (χ4n) is 1.51. The summed E-state index contributed by atoms with van der Waals surface area (Å²) in [7, 11) is 0. The monoisotopic (exact) mass is 253 g/mol. The van der Waals surface area contributed by atoms with Gasteiger partial charge in [-0.15, -0.1) is 0 Å². The molecular formula is C14H23NO3. The Kier molecular flexibility index (Phi) is 7.41. The van der Waals surface area contributed by atoms with Gasteiger partial charge in [0.05, 0.1) is 12.7 Å². The van der Waals surface area contributed by atoms with Crippen molar-refractivity contribution in [3.8, 4) is 5.75 Å². The fraction of sp³-hybridized carbons (Fsp3) is 0.571. The van der Waals surface area contributed by atoms with E-state index < -0.39 is 6.10 Å². The molecular weight excluding hydrogens is 230 g/mol. The van der Waals surface area contributed by atoms with E-state index in [4.69, 9.17) is 15.2 Å². The molecule has 0 unspecified atom stereocenters. The van der Waals surface area contributed by atoms with Gasteiger partial charge in [0.25, 0.3) is 0 Å². The molecule has 0 aliphatic heterocycles. The van der Waals surface area contributed by atoms with Crippen molar-refractivity contribution in [2.24, 2.45) is 5.73 Å². The second kappa shape index (κ2) is 8.91. The summed E-state index contributed by atoms with van der Waals surface area (Å²) in [5, 5.41) is 9.62. The second-order valence-corrected chi connectivity index (χ2v) is 4.14. The quantitative estimate of drug-likeness (QED) is 0.659. The Morgan fingerprint density at radius 2 is 2.11 bits per heavy atom. The molecule has 0 saturated heterocycles. The van der Waals surface area contributed by atoms with Crippen LogP contribution in [0.1, 0.15) is 31.4 Å². The largest absolute Gasteiger partial charge is 0.491 e. The van der Waals surface area contributed by atoms with Crippen molar-refractivity contribution in [1.82, 2.24) is 0 Å². The Morgan fingerprint density at radius 3 is 2.83 bits per heavy atom. The summed E-state index contributed by atoms with van der Waals surface area (Å²) in [5.74, 6) is 0.735. The van der Waals surface area contributed by atoms with Crippen LogP contribution in [0.25, 0.3) is 0 Å². The molecule has 0 radical (unpaired) electrons. The average molecular weight is 253 g/mol. The third-order valence-electron chi connectivity index (χ3n) is 2.60. The van der Waals surface area contributed by atoms with Gasteiger partial charge in [-0.25, -0.2) is 0 Å². The summed E-state index contributed by atoms with van der Waals surface area (Å²) in [4.78, 5) is 0. The first kappa shape index (κ1) is 15.0. The zero-order valence-electron chi connectivity index (χ0n) is 11.0. The molecule has 4 heteroatoms. The van der Waals surface area contributed by atoms with Crippen molar-refractivity contribution < 1.29 is 14.6 Å². The normalized spacial score (nSPS) is 12.4. The van der Waals surface area contributed by atoms with E-state index in [1.807, 2.05) is 24.3 Å². The van der Waals surface area contributed by atoms with Gasteiger partial charge in [-0.2, -0.15) is 0 Å². The van der Waals surface area contributed by atoms with Crippen LogP contribution in [-0.4, -0.2) is 31.5 Å². The average Bonchev–Trinajstić information content (AvgIpc) is 2.42. The highest BCUT2D eigenvalue weighted by molar-refractivity contribution is 5.30. The van der Waals surface area contributed by atoms with E-state index in [1.165, 1.54) is 0 Å². The van der Waals surface area contributed by atoms with Crippen LogP contribution in [0.15, 0.2) is 24.3 Å². The summed E-state index contributed by atoms with van der Waals surface area (Å²) in [6, 6.07) is 7.35. The molecule has 1 aromatic carbocycles. The van der Waals surface area contributed by atoms with Gasteiger partial charge < -0.3 is 20.3 Å². The van der Waals surface area contributed by atoms with Gasteiger partial charge in [0.15, 0.2) is 0 Å². The lowest BCUT2D eigenvalue weighted by Gasteiger charge is -2.11. The minimum Gasteiger partial charge on any atom is -0.491 e. The number of hydrogen-bond donors (Lipinski definition) is 2. The molecule has 1 atom stereocenters. The number of ether oxygens (including phenoxy) is 2. The van der Waals surface area contributed by atoms with Crippen molar-refractivity contribution in [3.63, 3.8) is 0 Å². The lowest BCUT2D eigenvalue weighted by atomic mass is 10.1. The molecule has 0 bridgehead atoms. The van der Waals surface area contributed by atoms with Crippen molar-refractivity contribution in [3.05, 3.63) is 29.8 Å². The SMILES string of the molecule is CCCCOCCOc1cccc([C@H](O)CN)c1. The number of hydrogen-bond acceptors (Lipinski definition) is 4. The first-order valence-corrected chi connectivity index (χ1v) is 6.46. The van der Waals surface area contributed by atoms with Crippen LogP contribution in [0.3, 0.4) is 0 Å². The van der Waals surface area contributed by atoms with E-state index >= 15 is 0 Å². The van der Waals surface area contributed by atoms with Gasteiger partial charge in [0.1, 0.15) is 12.4 Å². The molecule has 1 aromatic rings. The van der Waals surface area contributed by atoms with Crippen molar-refractivity contribution in [2.75, 3.05) is 26.4 Å². The maximum atomic E-state index is 9.62. The molecule has 0 aliphatic carbocycles. The topological polar surface area (TPSA) is 64.7 Å². The minimum absolute atomic E-state index is 0.212. The van der Waals surface area contributed by atoms with Gasteiger partial charge in [0.2, 0.25) is 0 Å². The lowest BCUT2D eigenvalue weighted by molar-refractivity contribution is 0.0979. The summed E-state index contributed by atoms with van der Waals surface area (Å²) >= 11 is 0. The number of rotatable bonds is 9. The summed E-state index contributed by atoms with van der Waals surface area (Å²) < 4.78 is 10.9. The molecule has 0 amide bonds. The van der Waals surface area contributed by atoms with Crippen LogP contribution in [0, 0.1) is 0 Å². The van der Waals surface area contributed by atoms with Crippen molar-refractivity contribution in [2.45, 2.75) is 25.9 Å². The predicted molar refractivity (Wildman–Crippen MR) is 71.7 cm³/mol. The van der Waals surface area contributed by atoms with E-state index in [0.717, 1.165) is 30.8 Å². The molecule has 0 fully saturated rings. The Balaban J connectivity index is 2.29. The first-order chi connectivity index (χ1) is 8.77. The Bertz CT molecular complexity index is 331. The van der Waals surface area contributed by atoms with E-state index in [2.05, 4.69) is 6.92 Å². The number of aliphatic hydroxyl groups excluding tert-OH is 1. The van der Waals surface area contributed by atoms with Crippen molar-refractivity contribution >= 4 is 0 Å². The standard InChI is InChI=1S/C14H23NO3/c1-2-3-7-17-8-9-18-13-6-4-5-12(10-13)14(16)11-15/h4-6,10,14,16H,2-3,7-9,11,15H2,1H3/t14-/m1/s1. The molecule has 0 saturated carbocycles. The maximum Gasteiger partial charge on any atom is 0.119 e. The van der Waals surface area contributed by atoms with Gasteiger partial charge in [0, 0.05) is 13.2 Å². The van der Waals surface area contributed by atoms with Crippen LogP contribution in [0.4, 0.5) is 0 Å². The highest BCUT2D eigenvalue weighted by atomic mass is 16.5. The molecule has 1 rings (SSSR count). The second-order valence-electron chi connectivity index (χ2n) is 4.14. The number of nitrogens with two attached hydrogens (primary N) is 1. The highest BCUT2D eigenvalue weighted by Gasteiger charge is 2.05. The maximum absolute atomic E-state index is 9.62. The van der Waals surface area contributed by atoms with Gasteiger partial charge >= 0.3 is 0 Å². The zero-order valence-corrected chi connectivity index (χ0v) is 11.0. The van der Waals surface area contributed by atoms with E-state index in [9.17, 15) is 5.11 Å². The third kappa shape index (κ3) is 5.49. The third-order valence-corrected chi connectivity index (χ3v) is 2.60. The van der Waals surface area contributed by atoms with Crippen LogP contribution in [0.5, 0.6) is 5.75 Å². The molecule has 0 spiro atoms. The highest BCUT2D eigenvalue weighted by Crippen LogP contribution is 2.18. The Morgan fingerprint density at radius 1 is 1.28 bits per heavy atom. The lowest BCUT2D eigenvalue weighted by Crippen LogP contribution is -2.12. The summed E-state index contributed by atoms with van der Waals surface area (Å²) in [5.41, 5.74) is 6.19. The molecule has 0 heterocycles. The summed E-state index contributed by atoms with van der Waals surface area (Å²) in [6.07, 6.45) is 1.59. The van der Waals surface area contributed by atoms with E-state index in [0.29, 0.717) is 13.2 Å². The van der Waals surface area contributed by atoms with Gasteiger partial charge in [-0.05, 0) is 24.1 Å². The van der Waals surface area contributed by atoms with Crippen LogP contribution in [-0.2, 0) is 4.74 Å². The Labute approximate surface area is 109 Å². The number of aliphatic hydroxyl groups is 1. The molecule has 0 aromatic heterocycles. The zero-order chi connectivity index (χ0) is 13.2. The summed E-state index contributed by atoms with van der Waals surface area (Å²) in [6.45, 7) is 4.24. The van der Waals surface area contributed by atoms with Crippen LogP contribution >= 0.6 is 0 Å². The number of unbranched alkanes of at least 4 members (excludes halogenated alkanes) is 1. The fourth-order valence-corrected chi connectivity index (χ4v) is 1.51. The number of benzene rings is 1. The van der Waals surface area contributed by atoms with Crippen LogP contribution in [0.2, 0.25) is 0 Å². The predicted octanol–water partition coefficient (Wildman–Crippen LogP) is 1.87. The van der Waals surface area contributed by atoms with Gasteiger partial charge in [-0.3, -0.25) is 0 Å². The van der Waals surface area contributed by atoms with E-state index in [-0.39, 0.29) is 6.54 Å². The Hall–Kier alpha value is -1.10.